The molecule has 1 aliphatic heterocycles. The molecule has 0 aliphatic carbocycles. The van der Waals surface area contributed by atoms with Gasteiger partial charge in [0.1, 0.15) is 0 Å². The molecular formula is C19H25N3O2. The lowest BCUT2D eigenvalue weighted by atomic mass is 10.1. The summed E-state index contributed by atoms with van der Waals surface area (Å²) in [6.07, 6.45) is 1.50. The van der Waals surface area contributed by atoms with E-state index in [-0.39, 0.29) is 11.9 Å². The largest absolute Gasteiger partial charge is 0.367 e. The minimum Gasteiger partial charge on any atom is -0.367 e. The first kappa shape index (κ1) is 16.7. The molecule has 1 aromatic carbocycles. The molecule has 0 saturated carbocycles. The monoisotopic (exact) mass is 327 g/mol. The van der Waals surface area contributed by atoms with E-state index >= 15 is 0 Å². The number of benzene rings is 1. The van der Waals surface area contributed by atoms with Gasteiger partial charge in [0.2, 0.25) is 0 Å². The molecule has 3 rings (SSSR count). The van der Waals surface area contributed by atoms with Crippen LogP contribution in [0.3, 0.4) is 0 Å². The Morgan fingerprint density at radius 2 is 2.08 bits per heavy atom. The van der Waals surface area contributed by atoms with Crippen LogP contribution < -0.4 is 0 Å². The molecule has 1 aliphatic rings. The fraction of sp³-hybridized carbons (Fsp3) is 0.474. The first-order valence-electron chi connectivity index (χ1n) is 8.49. The van der Waals surface area contributed by atoms with Crippen LogP contribution in [-0.2, 0) is 16.1 Å². The van der Waals surface area contributed by atoms with Gasteiger partial charge in [-0.1, -0.05) is 30.3 Å². The second-order valence-corrected chi connectivity index (χ2v) is 6.46. The Kier molecular flexibility index (Phi) is 5.00. The van der Waals surface area contributed by atoms with Crippen molar-refractivity contribution in [2.24, 2.45) is 0 Å². The summed E-state index contributed by atoms with van der Waals surface area (Å²) in [4.78, 5) is 15.0. The first-order chi connectivity index (χ1) is 11.6. The van der Waals surface area contributed by atoms with Gasteiger partial charge >= 0.3 is 0 Å². The van der Waals surface area contributed by atoms with Gasteiger partial charge in [-0.3, -0.25) is 9.48 Å². The number of rotatable bonds is 5. The van der Waals surface area contributed by atoms with Crippen molar-refractivity contribution in [2.75, 3.05) is 13.7 Å². The van der Waals surface area contributed by atoms with Crippen LogP contribution in [0.4, 0.5) is 0 Å². The third-order valence-corrected chi connectivity index (χ3v) is 4.71. The van der Waals surface area contributed by atoms with Crippen LogP contribution in [0, 0.1) is 13.8 Å². The maximum Gasteiger partial charge on any atom is 0.256 e. The summed E-state index contributed by atoms with van der Waals surface area (Å²) in [6, 6.07) is 12.0. The maximum absolute atomic E-state index is 13.0. The molecule has 5 heteroatoms. The Bertz CT molecular complexity index is 696. The van der Waals surface area contributed by atoms with Crippen molar-refractivity contribution in [3.8, 4) is 0 Å². The van der Waals surface area contributed by atoms with E-state index in [4.69, 9.17) is 4.74 Å². The van der Waals surface area contributed by atoms with E-state index in [9.17, 15) is 4.79 Å². The highest BCUT2D eigenvalue weighted by Crippen LogP contribution is 2.26. The number of ether oxygens (including phenoxy) is 1. The average molecular weight is 327 g/mol. The van der Waals surface area contributed by atoms with Crippen molar-refractivity contribution in [3.05, 3.63) is 53.3 Å². The summed E-state index contributed by atoms with van der Waals surface area (Å²) in [7, 11) is 1.60. The van der Waals surface area contributed by atoms with Crippen molar-refractivity contribution in [3.63, 3.8) is 0 Å². The molecular weight excluding hydrogens is 302 g/mol. The number of carbonyl (C=O) groups excluding carboxylic acids is 1. The molecule has 1 amide bonds. The van der Waals surface area contributed by atoms with Crippen LogP contribution in [0.5, 0.6) is 0 Å². The lowest BCUT2D eigenvalue weighted by molar-refractivity contribution is -0.143. The molecule has 2 aromatic rings. The Balaban J connectivity index is 1.76. The quantitative estimate of drug-likeness (QED) is 0.848. The van der Waals surface area contributed by atoms with Crippen LogP contribution in [0.1, 0.15) is 35.9 Å². The van der Waals surface area contributed by atoms with Crippen LogP contribution in [0.2, 0.25) is 0 Å². The minimum absolute atomic E-state index is 0.0488. The first-order valence-corrected chi connectivity index (χ1v) is 8.49. The molecule has 5 nitrogen and oxygen atoms in total. The Labute approximate surface area is 143 Å². The third-order valence-electron chi connectivity index (χ3n) is 4.71. The highest BCUT2D eigenvalue weighted by Gasteiger charge is 2.34. The molecule has 1 fully saturated rings. The number of amides is 1. The summed E-state index contributed by atoms with van der Waals surface area (Å²) >= 11 is 0. The second kappa shape index (κ2) is 7.18. The summed E-state index contributed by atoms with van der Waals surface area (Å²) < 4.78 is 7.53. The van der Waals surface area contributed by atoms with Crippen molar-refractivity contribution in [1.82, 2.24) is 14.7 Å². The standard InChI is InChI=1S/C19H25N3O2/c1-14-12-15(2)22(20-14)13-17-10-7-11-21(17)19(23)18(24-3)16-8-5-4-6-9-16/h4-6,8-9,12,17-18H,7,10-11,13H2,1-3H3/t17-,18-/m0/s1. The van der Waals surface area contributed by atoms with E-state index in [0.29, 0.717) is 0 Å². The molecule has 0 radical (unpaired) electrons. The fourth-order valence-corrected chi connectivity index (χ4v) is 3.53. The number of hydrogen-bond acceptors (Lipinski definition) is 3. The van der Waals surface area contributed by atoms with Gasteiger partial charge in [0.25, 0.3) is 5.91 Å². The minimum atomic E-state index is -0.535. The topological polar surface area (TPSA) is 47.4 Å². The number of likely N-dealkylation sites (tertiary alicyclic amines) is 1. The van der Waals surface area contributed by atoms with Gasteiger partial charge < -0.3 is 9.64 Å². The van der Waals surface area contributed by atoms with E-state index < -0.39 is 6.10 Å². The lowest BCUT2D eigenvalue weighted by Gasteiger charge is -2.28. The Morgan fingerprint density at radius 3 is 2.71 bits per heavy atom. The number of methoxy groups -OCH3 is 1. The van der Waals surface area contributed by atoms with E-state index in [1.54, 1.807) is 7.11 Å². The van der Waals surface area contributed by atoms with E-state index in [1.165, 1.54) is 0 Å². The zero-order valence-electron chi connectivity index (χ0n) is 14.6. The summed E-state index contributed by atoms with van der Waals surface area (Å²) in [5.41, 5.74) is 3.06. The third kappa shape index (κ3) is 3.36. The normalized spacial score (nSPS) is 18.8. The van der Waals surface area contributed by atoms with Crippen LogP contribution in [0.15, 0.2) is 36.4 Å². The van der Waals surface area contributed by atoms with Crippen molar-refractivity contribution in [2.45, 2.75) is 45.4 Å². The zero-order chi connectivity index (χ0) is 17.1. The lowest BCUT2D eigenvalue weighted by Crippen LogP contribution is -2.41. The summed E-state index contributed by atoms with van der Waals surface area (Å²) in [6.45, 7) is 5.59. The molecule has 24 heavy (non-hydrogen) atoms. The second-order valence-electron chi connectivity index (χ2n) is 6.46. The highest BCUT2D eigenvalue weighted by molar-refractivity contribution is 5.83. The maximum atomic E-state index is 13.0. The molecule has 0 unspecified atom stereocenters. The SMILES string of the molecule is CO[C@H](C(=O)N1CCC[C@H]1Cn1nc(C)cc1C)c1ccccc1. The highest BCUT2D eigenvalue weighted by atomic mass is 16.5. The average Bonchev–Trinajstić information content (AvgIpc) is 3.16. The van der Waals surface area contributed by atoms with Gasteiger partial charge in [-0.2, -0.15) is 5.10 Å². The number of hydrogen-bond donors (Lipinski definition) is 0. The van der Waals surface area contributed by atoms with E-state index in [2.05, 4.69) is 18.1 Å². The van der Waals surface area contributed by atoms with Crippen molar-refractivity contribution < 1.29 is 9.53 Å². The summed E-state index contributed by atoms with van der Waals surface area (Å²) in [5.74, 6) is 0.0488. The molecule has 2 heterocycles. The predicted octanol–water partition coefficient (Wildman–Crippen LogP) is 2.88. The Morgan fingerprint density at radius 1 is 1.33 bits per heavy atom. The van der Waals surface area contributed by atoms with Crippen LogP contribution in [-0.4, -0.2) is 40.3 Å². The molecule has 128 valence electrons. The molecule has 0 N–H and O–H groups in total. The van der Waals surface area contributed by atoms with Crippen molar-refractivity contribution >= 4 is 5.91 Å². The van der Waals surface area contributed by atoms with Gasteiger partial charge in [-0.05, 0) is 38.3 Å². The zero-order valence-corrected chi connectivity index (χ0v) is 14.6. The van der Waals surface area contributed by atoms with Crippen molar-refractivity contribution in [1.29, 1.82) is 0 Å². The molecule has 0 bridgehead atoms. The molecule has 1 aromatic heterocycles. The van der Waals surface area contributed by atoms with Crippen LogP contribution in [0.25, 0.3) is 0 Å². The summed E-state index contributed by atoms with van der Waals surface area (Å²) in [5, 5.41) is 4.54. The number of nitrogens with zero attached hydrogens (tertiary/aromatic N) is 3. The van der Waals surface area contributed by atoms with Gasteiger partial charge in [-0.25, -0.2) is 0 Å². The van der Waals surface area contributed by atoms with Gasteiger partial charge in [0, 0.05) is 19.3 Å². The fourth-order valence-electron chi connectivity index (χ4n) is 3.53. The number of aryl methyl sites for hydroxylation is 2. The van der Waals surface area contributed by atoms with Crippen LogP contribution >= 0.6 is 0 Å². The Hall–Kier alpha value is -2.14. The van der Waals surface area contributed by atoms with Gasteiger partial charge in [-0.15, -0.1) is 0 Å². The van der Waals surface area contributed by atoms with Gasteiger partial charge in [0.15, 0.2) is 6.10 Å². The molecule has 2 atom stereocenters. The number of carbonyl (C=O) groups is 1. The molecule has 1 saturated heterocycles. The van der Waals surface area contributed by atoms with E-state index in [1.807, 2.05) is 46.8 Å². The van der Waals surface area contributed by atoms with Gasteiger partial charge in [0.05, 0.1) is 18.3 Å². The smallest absolute Gasteiger partial charge is 0.256 e. The van der Waals surface area contributed by atoms with E-state index in [0.717, 1.165) is 42.9 Å². The number of aromatic nitrogens is 2. The predicted molar refractivity (Wildman–Crippen MR) is 92.6 cm³/mol. The molecule has 0 spiro atoms.